The third-order valence-electron chi connectivity index (χ3n) is 3.61. The van der Waals surface area contributed by atoms with Gasteiger partial charge in [-0.05, 0) is 19.4 Å². The van der Waals surface area contributed by atoms with E-state index in [1.54, 1.807) is 4.90 Å². The van der Waals surface area contributed by atoms with Crippen LogP contribution in [-0.4, -0.2) is 89.2 Å². The number of carbonyl (C=O) groups is 2. The summed E-state index contributed by atoms with van der Waals surface area (Å²) in [5.41, 5.74) is 0. The summed E-state index contributed by atoms with van der Waals surface area (Å²) in [6, 6.07) is 0. The lowest BCUT2D eigenvalue weighted by atomic mass is 10.2. The molecule has 0 bridgehead atoms. The molecule has 0 aromatic carbocycles. The van der Waals surface area contributed by atoms with Crippen molar-refractivity contribution in [1.29, 1.82) is 0 Å². The van der Waals surface area contributed by atoms with E-state index in [0.29, 0.717) is 26.1 Å². The molecule has 21 heavy (non-hydrogen) atoms. The molecular weight excluding hydrogens is 274 g/mol. The van der Waals surface area contributed by atoms with Gasteiger partial charge in [-0.1, -0.05) is 0 Å². The van der Waals surface area contributed by atoms with Crippen molar-refractivity contribution >= 4 is 11.9 Å². The normalized spacial score (nSPS) is 19.7. The third-order valence-corrected chi connectivity index (χ3v) is 3.61. The summed E-state index contributed by atoms with van der Waals surface area (Å²) < 4.78 is 0. The number of hydrogen-bond donors (Lipinski definition) is 2. The molecule has 0 aliphatic carbocycles. The monoisotopic (exact) mass is 299 g/mol. The minimum Gasteiger partial charge on any atom is -0.481 e. The van der Waals surface area contributed by atoms with Crippen LogP contribution in [0.1, 0.15) is 19.3 Å². The van der Waals surface area contributed by atoms with Gasteiger partial charge in [-0.15, -0.1) is 0 Å². The van der Waals surface area contributed by atoms with Crippen molar-refractivity contribution in [1.82, 2.24) is 14.7 Å². The van der Waals surface area contributed by atoms with E-state index < -0.39 is 11.9 Å². The SMILES string of the molecule is [CH]N1CCN(CCCCC(=O)O)CCN(CC(=O)O)CC1. The number of carboxylic acid groups (broad SMARTS) is 2. The molecule has 2 radical (unpaired) electrons. The Balaban J connectivity index is 2.40. The molecule has 7 nitrogen and oxygen atoms in total. The van der Waals surface area contributed by atoms with E-state index in [1.807, 2.05) is 4.90 Å². The molecule has 1 saturated heterocycles. The molecule has 1 heterocycles. The highest BCUT2D eigenvalue weighted by Gasteiger charge is 2.16. The molecule has 120 valence electrons. The molecule has 0 atom stereocenters. The second-order valence-corrected chi connectivity index (χ2v) is 5.40. The standard InChI is InChI=1S/C14H25N3O4/c1-15-6-8-16(5-3-2-4-13(18)19)10-11-17(9-7-15)12-14(20)21/h1H,2-12H2,(H,18,19)(H,20,21). The summed E-state index contributed by atoms with van der Waals surface area (Å²) in [4.78, 5) is 27.1. The maximum Gasteiger partial charge on any atom is 0.317 e. The van der Waals surface area contributed by atoms with Crippen molar-refractivity contribution < 1.29 is 19.8 Å². The Hall–Kier alpha value is -1.18. The minimum absolute atomic E-state index is 0.0285. The molecule has 0 unspecified atom stereocenters. The molecule has 7 heteroatoms. The van der Waals surface area contributed by atoms with E-state index in [2.05, 4.69) is 4.90 Å². The van der Waals surface area contributed by atoms with Crippen molar-refractivity contribution in [3.05, 3.63) is 7.05 Å². The van der Waals surface area contributed by atoms with Gasteiger partial charge in [-0.25, -0.2) is 0 Å². The highest BCUT2D eigenvalue weighted by molar-refractivity contribution is 5.69. The molecule has 0 amide bonds. The highest BCUT2D eigenvalue weighted by Crippen LogP contribution is 2.03. The topological polar surface area (TPSA) is 84.3 Å². The second kappa shape index (κ2) is 9.70. The fourth-order valence-electron chi connectivity index (χ4n) is 2.34. The summed E-state index contributed by atoms with van der Waals surface area (Å²) in [7, 11) is 5.88. The molecule has 1 fully saturated rings. The van der Waals surface area contributed by atoms with Gasteiger partial charge in [0.1, 0.15) is 0 Å². The Bertz CT molecular complexity index is 338. The summed E-state index contributed by atoms with van der Waals surface area (Å²) >= 11 is 0. The minimum atomic E-state index is -0.828. The maximum atomic E-state index is 10.8. The molecule has 1 aliphatic rings. The van der Waals surface area contributed by atoms with E-state index in [1.165, 1.54) is 0 Å². The fourth-order valence-corrected chi connectivity index (χ4v) is 2.34. The van der Waals surface area contributed by atoms with Gasteiger partial charge in [0.05, 0.1) is 6.54 Å². The zero-order chi connectivity index (χ0) is 15.7. The van der Waals surface area contributed by atoms with E-state index in [4.69, 9.17) is 17.3 Å². The second-order valence-electron chi connectivity index (χ2n) is 5.40. The molecule has 1 aliphatic heterocycles. The van der Waals surface area contributed by atoms with Crippen LogP contribution < -0.4 is 0 Å². The third kappa shape index (κ3) is 8.64. The number of nitrogens with zero attached hydrogens (tertiary/aromatic N) is 3. The number of unbranched alkanes of at least 4 members (excludes halogenated alkanes) is 1. The van der Waals surface area contributed by atoms with Crippen molar-refractivity contribution in [3.8, 4) is 0 Å². The number of carboxylic acids is 2. The van der Waals surface area contributed by atoms with Crippen LogP contribution in [0.4, 0.5) is 0 Å². The van der Waals surface area contributed by atoms with Crippen LogP contribution in [0.2, 0.25) is 0 Å². The average Bonchev–Trinajstić information content (AvgIpc) is 2.48. The van der Waals surface area contributed by atoms with Crippen LogP contribution in [0.25, 0.3) is 0 Å². The van der Waals surface area contributed by atoms with Crippen LogP contribution in [0.3, 0.4) is 0 Å². The van der Waals surface area contributed by atoms with Crippen molar-refractivity contribution in [2.45, 2.75) is 19.3 Å². The van der Waals surface area contributed by atoms with E-state index in [-0.39, 0.29) is 13.0 Å². The maximum absolute atomic E-state index is 10.8. The van der Waals surface area contributed by atoms with Gasteiger partial charge >= 0.3 is 11.9 Å². The average molecular weight is 299 g/mol. The molecule has 0 aromatic rings. The van der Waals surface area contributed by atoms with Crippen LogP contribution in [0.15, 0.2) is 0 Å². The first-order valence-corrected chi connectivity index (χ1v) is 7.35. The van der Waals surface area contributed by atoms with Crippen molar-refractivity contribution in [2.75, 3.05) is 52.4 Å². The largest absolute Gasteiger partial charge is 0.481 e. The lowest BCUT2D eigenvalue weighted by Gasteiger charge is -2.24. The zero-order valence-electron chi connectivity index (χ0n) is 12.4. The predicted octanol–water partition coefficient (Wildman–Crippen LogP) is -0.0859. The van der Waals surface area contributed by atoms with Crippen molar-refractivity contribution in [3.63, 3.8) is 0 Å². The Morgan fingerprint density at radius 2 is 1.43 bits per heavy atom. The Labute approximate surface area is 126 Å². The Morgan fingerprint density at radius 1 is 0.857 bits per heavy atom. The molecule has 0 spiro atoms. The first kappa shape index (κ1) is 17.9. The quantitative estimate of drug-likeness (QED) is 0.636. The molecule has 1 rings (SSSR count). The first-order valence-electron chi connectivity index (χ1n) is 7.35. The highest BCUT2D eigenvalue weighted by atomic mass is 16.4. The summed E-state index contributed by atoms with van der Waals surface area (Å²) in [5.74, 6) is -1.59. The Morgan fingerprint density at radius 3 is 2.05 bits per heavy atom. The van der Waals surface area contributed by atoms with E-state index >= 15 is 0 Å². The predicted molar refractivity (Wildman–Crippen MR) is 77.9 cm³/mol. The lowest BCUT2D eigenvalue weighted by molar-refractivity contribution is -0.138. The number of rotatable bonds is 7. The van der Waals surface area contributed by atoms with Crippen LogP contribution in [0, 0.1) is 7.05 Å². The summed E-state index contributed by atoms with van der Waals surface area (Å²) in [6.45, 7) is 5.19. The van der Waals surface area contributed by atoms with E-state index in [0.717, 1.165) is 32.6 Å². The van der Waals surface area contributed by atoms with Crippen molar-refractivity contribution in [2.24, 2.45) is 0 Å². The van der Waals surface area contributed by atoms with E-state index in [9.17, 15) is 9.59 Å². The van der Waals surface area contributed by atoms with Gasteiger partial charge in [-0.2, -0.15) is 0 Å². The van der Waals surface area contributed by atoms with Crippen LogP contribution in [0.5, 0.6) is 0 Å². The van der Waals surface area contributed by atoms with Gasteiger partial charge in [0.25, 0.3) is 0 Å². The molecule has 0 saturated carbocycles. The fraction of sp³-hybridized carbons (Fsp3) is 0.786. The van der Waals surface area contributed by atoms with Gasteiger partial charge in [0.2, 0.25) is 0 Å². The van der Waals surface area contributed by atoms with Gasteiger partial charge in [0, 0.05) is 52.7 Å². The zero-order valence-corrected chi connectivity index (χ0v) is 12.4. The molecule has 0 aromatic heterocycles. The van der Waals surface area contributed by atoms with Gasteiger partial charge in [-0.3, -0.25) is 19.4 Å². The van der Waals surface area contributed by atoms with Gasteiger partial charge < -0.3 is 15.1 Å². The summed E-state index contributed by atoms with van der Waals surface area (Å²) in [5, 5.41) is 17.5. The smallest absolute Gasteiger partial charge is 0.317 e. The van der Waals surface area contributed by atoms with Gasteiger partial charge in [0.15, 0.2) is 0 Å². The van der Waals surface area contributed by atoms with Crippen LogP contribution in [-0.2, 0) is 9.59 Å². The number of hydrogen-bond acceptors (Lipinski definition) is 5. The lowest BCUT2D eigenvalue weighted by Crippen LogP contribution is -2.39. The summed E-state index contributed by atoms with van der Waals surface area (Å²) in [6.07, 6.45) is 1.69. The molecule has 2 N–H and O–H groups in total. The first-order chi connectivity index (χ1) is 9.97. The molecular formula is C14H25N3O4. The number of aliphatic carboxylic acids is 2. The van der Waals surface area contributed by atoms with Crippen LogP contribution >= 0.6 is 0 Å². The Kier molecular flexibility index (Phi) is 8.26.